The van der Waals surface area contributed by atoms with E-state index in [4.69, 9.17) is 5.26 Å². The van der Waals surface area contributed by atoms with E-state index in [2.05, 4.69) is 44.3 Å². The van der Waals surface area contributed by atoms with Crippen molar-refractivity contribution in [2.24, 2.45) is 11.8 Å². The molecule has 0 aliphatic carbocycles. The third-order valence-corrected chi connectivity index (χ3v) is 2.91. The largest absolute Gasteiger partial charge is 0.311 e. The van der Waals surface area contributed by atoms with E-state index in [1.165, 1.54) is 11.1 Å². The lowest BCUT2D eigenvalue weighted by Crippen LogP contribution is -2.25. The average Bonchev–Trinajstić information content (AvgIpc) is 2.26. The summed E-state index contributed by atoms with van der Waals surface area (Å²) in [5.41, 5.74) is 2.61. The SMILES string of the molecule is Cc1ccccc1CNCC(C#N)C(C)C. The van der Waals surface area contributed by atoms with Crippen LogP contribution in [0.25, 0.3) is 0 Å². The Hall–Kier alpha value is -1.33. The van der Waals surface area contributed by atoms with Gasteiger partial charge >= 0.3 is 0 Å². The summed E-state index contributed by atoms with van der Waals surface area (Å²) in [6.07, 6.45) is 0. The van der Waals surface area contributed by atoms with Gasteiger partial charge < -0.3 is 5.32 Å². The molecule has 0 radical (unpaired) electrons. The van der Waals surface area contributed by atoms with E-state index in [9.17, 15) is 0 Å². The Morgan fingerprint density at radius 3 is 2.56 bits per heavy atom. The Morgan fingerprint density at radius 2 is 2.00 bits per heavy atom. The maximum absolute atomic E-state index is 8.96. The second-order valence-corrected chi connectivity index (χ2v) is 4.54. The Bertz CT molecular complexity index is 363. The maximum Gasteiger partial charge on any atom is 0.0671 e. The number of benzene rings is 1. The summed E-state index contributed by atoms with van der Waals surface area (Å²) >= 11 is 0. The molecule has 0 amide bonds. The molecule has 2 nitrogen and oxygen atoms in total. The summed E-state index contributed by atoms with van der Waals surface area (Å²) in [6, 6.07) is 10.7. The topological polar surface area (TPSA) is 35.8 Å². The highest BCUT2D eigenvalue weighted by atomic mass is 14.9. The number of hydrogen-bond donors (Lipinski definition) is 1. The molecule has 1 aromatic rings. The second-order valence-electron chi connectivity index (χ2n) is 4.54. The van der Waals surface area contributed by atoms with Crippen LogP contribution in [0.1, 0.15) is 25.0 Å². The third kappa shape index (κ3) is 3.67. The first kappa shape index (κ1) is 12.7. The van der Waals surface area contributed by atoms with Gasteiger partial charge in [-0.1, -0.05) is 38.1 Å². The minimum absolute atomic E-state index is 0.101. The van der Waals surface area contributed by atoms with Gasteiger partial charge in [-0.15, -0.1) is 0 Å². The van der Waals surface area contributed by atoms with Crippen molar-refractivity contribution in [3.63, 3.8) is 0 Å². The molecule has 0 aliphatic rings. The minimum atomic E-state index is 0.101. The zero-order chi connectivity index (χ0) is 12.0. The normalized spacial score (nSPS) is 12.4. The van der Waals surface area contributed by atoms with Crippen LogP contribution in [-0.4, -0.2) is 6.54 Å². The van der Waals surface area contributed by atoms with Crippen LogP contribution in [0.5, 0.6) is 0 Å². The molecule has 1 N–H and O–H groups in total. The number of nitrogens with zero attached hydrogens (tertiary/aromatic N) is 1. The summed E-state index contributed by atoms with van der Waals surface area (Å²) in [6.45, 7) is 7.90. The van der Waals surface area contributed by atoms with Crippen molar-refractivity contribution in [3.8, 4) is 6.07 Å². The average molecular weight is 216 g/mol. The molecule has 0 spiro atoms. The van der Waals surface area contributed by atoms with Gasteiger partial charge in [-0.25, -0.2) is 0 Å². The fourth-order valence-electron chi connectivity index (χ4n) is 1.60. The van der Waals surface area contributed by atoms with Crippen molar-refractivity contribution in [3.05, 3.63) is 35.4 Å². The number of nitriles is 1. The number of rotatable bonds is 5. The molecule has 0 aliphatic heterocycles. The maximum atomic E-state index is 8.96. The summed E-state index contributed by atoms with van der Waals surface area (Å²) in [4.78, 5) is 0. The van der Waals surface area contributed by atoms with Crippen molar-refractivity contribution in [1.29, 1.82) is 5.26 Å². The first-order chi connectivity index (χ1) is 7.65. The molecule has 1 aromatic carbocycles. The molecule has 0 heterocycles. The molecule has 0 fully saturated rings. The van der Waals surface area contributed by atoms with Crippen molar-refractivity contribution in [1.82, 2.24) is 5.32 Å². The first-order valence-corrected chi connectivity index (χ1v) is 5.80. The lowest BCUT2D eigenvalue weighted by Gasteiger charge is -2.14. The Kier molecular flexibility index (Phi) is 5.01. The summed E-state index contributed by atoms with van der Waals surface area (Å²) in [5, 5.41) is 12.3. The van der Waals surface area contributed by atoms with Crippen LogP contribution in [0.4, 0.5) is 0 Å². The van der Waals surface area contributed by atoms with E-state index in [1.54, 1.807) is 0 Å². The predicted octanol–water partition coefficient (Wildman–Crippen LogP) is 2.88. The summed E-state index contributed by atoms with van der Waals surface area (Å²) < 4.78 is 0. The van der Waals surface area contributed by atoms with Crippen LogP contribution in [0, 0.1) is 30.1 Å². The molecule has 0 saturated heterocycles. The minimum Gasteiger partial charge on any atom is -0.311 e. The van der Waals surface area contributed by atoms with Crippen LogP contribution in [0.15, 0.2) is 24.3 Å². The van der Waals surface area contributed by atoms with Gasteiger partial charge in [0.1, 0.15) is 0 Å². The molecule has 2 heteroatoms. The molecular formula is C14H20N2. The zero-order valence-corrected chi connectivity index (χ0v) is 10.3. The van der Waals surface area contributed by atoms with E-state index in [0.29, 0.717) is 5.92 Å². The Morgan fingerprint density at radius 1 is 1.31 bits per heavy atom. The standard InChI is InChI=1S/C14H20N2/c1-11(2)14(8-15)10-16-9-13-7-5-4-6-12(13)3/h4-7,11,14,16H,9-10H2,1-3H3. The Labute approximate surface area is 98.3 Å². The monoisotopic (exact) mass is 216 g/mol. The van der Waals surface area contributed by atoms with Crippen molar-refractivity contribution in [2.45, 2.75) is 27.3 Å². The van der Waals surface area contributed by atoms with Gasteiger partial charge in [0.2, 0.25) is 0 Å². The summed E-state index contributed by atoms with van der Waals surface area (Å²) in [7, 11) is 0. The smallest absolute Gasteiger partial charge is 0.0671 e. The van der Waals surface area contributed by atoms with Crippen molar-refractivity contribution >= 4 is 0 Å². The lowest BCUT2D eigenvalue weighted by molar-refractivity contribution is 0.441. The molecule has 0 bridgehead atoms. The second kappa shape index (κ2) is 6.30. The number of aryl methyl sites for hydroxylation is 1. The Balaban J connectivity index is 2.42. The van der Waals surface area contributed by atoms with Gasteiger partial charge in [0.15, 0.2) is 0 Å². The first-order valence-electron chi connectivity index (χ1n) is 5.80. The number of nitrogens with one attached hydrogen (secondary N) is 1. The van der Waals surface area contributed by atoms with E-state index in [1.807, 2.05) is 12.1 Å². The van der Waals surface area contributed by atoms with Crippen LogP contribution >= 0.6 is 0 Å². The number of hydrogen-bond acceptors (Lipinski definition) is 2. The highest BCUT2D eigenvalue weighted by molar-refractivity contribution is 5.25. The quantitative estimate of drug-likeness (QED) is 0.821. The molecule has 86 valence electrons. The van der Waals surface area contributed by atoms with Crippen molar-refractivity contribution < 1.29 is 0 Å². The van der Waals surface area contributed by atoms with Gasteiger partial charge in [0, 0.05) is 13.1 Å². The van der Waals surface area contributed by atoms with Crippen LogP contribution in [0.2, 0.25) is 0 Å². The molecule has 0 saturated carbocycles. The van der Waals surface area contributed by atoms with Crippen LogP contribution in [0.3, 0.4) is 0 Å². The fraction of sp³-hybridized carbons (Fsp3) is 0.500. The molecule has 1 atom stereocenters. The highest BCUT2D eigenvalue weighted by Gasteiger charge is 2.11. The van der Waals surface area contributed by atoms with Gasteiger partial charge in [0.25, 0.3) is 0 Å². The zero-order valence-electron chi connectivity index (χ0n) is 10.3. The van der Waals surface area contributed by atoms with Gasteiger partial charge in [-0.05, 0) is 24.0 Å². The predicted molar refractivity (Wildman–Crippen MR) is 66.8 cm³/mol. The van der Waals surface area contributed by atoms with E-state index < -0.39 is 0 Å². The summed E-state index contributed by atoms with van der Waals surface area (Å²) in [5.74, 6) is 0.512. The van der Waals surface area contributed by atoms with Crippen molar-refractivity contribution in [2.75, 3.05) is 6.54 Å². The third-order valence-electron chi connectivity index (χ3n) is 2.91. The van der Waals surface area contributed by atoms with E-state index >= 15 is 0 Å². The molecule has 1 unspecified atom stereocenters. The molecule has 1 rings (SSSR count). The van der Waals surface area contributed by atoms with Crippen LogP contribution in [-0.2, 0) is 6.54 Å². The van der Waals surface area contributed by atoms with E-state index in [-0.39, 0.29) is 5.92 Å². The molecule has 0 aromatic heterocycles. The highest BCUT2D eigenvalue weighted by Crippen LogP contribution is 2.09. The van der Waals surface area contributed by atoms with Gasteiger partial charge in [-0.3, -0.25) is 0 Å². The van der Waals surface area contributed by atoms with Gasteiger partial charge in [0.05, 0.1) is 12.0 Å². The van der Waals surface area contributed by atoms with Gasteiger partial charge in [-0.2, -0.15) is 5.26 Å². The molecule has 16 heavy (non-hydrogen) atoms. The lowest BCUT2D eigenvalue weighted by atomic mass is 9.97. The fourth-order valence-corrected chi connectivity index (χ4v) is 1.60. The molecular weight excluding hydrogens is 196 g/mol. The van der Waals surface area contributed by atoms with Crippen LogP contribution < -0.4 is 5.32 Å². The van der Waals surface area contributed by atoms with E-state index in [0.717, 1.165) is 13.1 Å².